The van der Waals surface area contributed by atoms with E-state index in [0.29, 0.717) is 37.0 Å². The zero-order valence-corrected chi connectivity index (χ0v) is 14.2. The maximum Gasteiger partial charge on any atom is 0.338 e. The summed E-state index contributed by atoms with van der Waals surface area (Å²) in [5.74, 6) is 0.497. The Morgan fingerprint density at radius 3 is 2.71 bits per heavy atom. The van der Waals surface area contributed by atoms with Gasteiger partial charge in [0.1, 0.15) is 0 Å². The standard InChI is InChI=1S/C18H25N3O3/c1-3-23-17(22)13-6-4-12(5-7-13)11-20-18(19-2)21-15-10-14-8-9-16(15)24-14/h4-7,14-16H,3,8-11H2,1-2H3,(H2,19,20,21). The van der Waals surface area contributed by atoms with Crippen molar-refractivity contribution in [3.05, 3.63) is 35.4 Å². The van der Waals surface area contributed by atoms with Crippen LogP contribution in [0.2, 0.25) is 0 Å². The Kier molecular flexibility index (Phi) is 5.35. The van der Waals surface area contributed by atoms with E-state index in [1.807, 2.05) is 12.1 Å². The number of carbonyl (C=O) groups excluding carboxylic acids is 1. The van der Waals surface area contributed by atoms with Crippen molar-refractivity contribution in [2.75, 3.05) is 13.7 Å². The van der Waals surface area contributed by atoms with Crippen LogP contribution < -0.4 is 10.6 Å². The molecule has 6 heteroatoms. The van der Waals surface area contributed by atoms with Gasteiger partial charge in [0.15, 0.2) is 5.96 Å². The van der Waals surface area contributed by atoms with Crippen LogP contribution >= 0.6 is 0 Å². The molecule has 24 heavy (non-hydrogen) atoms. The highest BCUT2D eigenvalue weighted by atomic mass is 16.5. The van der Waals surface area contributed by atoms with Gasteiger partial charge in [-0.2, -0.15) is 0 Å². The number of fused-ring (bicyclic) bond motifs is 2. The molecule has 2 aliphatic rings. The van der Waals surface area contributed by atoms with Crippen LogP contribution in [0.1, 0.15) is 42.1 Å². The van der Waals surface area contributed by atoms with Crippen LogP contribution in [0.4, 0.5) is 0 Å². The van der Waals surface area contributed by atoms with Gasteiger partial charge >= 0.3 is 5.97 Å². The van der Waals surface area contributed by atoms with Gasteiger partial charge in [0.05, 0.1) is 30.4 Å². The third kappa shape index (κ3) is 3.87. The number of ether oxygens (including phenoxy) is 2. The fraction of sp³-hybridized carbons (Fsp3) is 0.556. The van der Waals surface area contributed by atoms with E-state index in [1.165, 1.54) is 6.42 Å². The minimum atomic E-state index is -0.286. The first kappa shape index (κ1) is 16.8. The van der Waals surface area contributed by atoms with Gasteiger partial charge in [0, 0.05) is 13.6 Å². The highest BCUT2D eigenvalue weighted by molar-refractivity contribution is 5.89. The number of aliphatic imine (C=N–C) groups is 1. The van der Waals surface area contributed by atoms with Crippen LogP contribution in [0.25, 0.3) is 0 Å². The Bertz CT molecular complexity index is 600. The lowest BCUT2D eigenvalue weighted by molar-refractivity contribution is 0.0526. The van der Waals surface area contributed by atoms with Gasteiger partial charge in [-0.1, -0.05) is 12.1 Å². The molecule has 6 nitrogen and oxygen atoms in total. The van der Waals surface area contributed by atoms with Gasteiger partial charge in [-0.15, -0.1) is 0 Å². The molecular weight excluding hydrogens is 306 g/mol. The van der Waals surface area contributed by atoms with Gasteiger partial charge < -0.3 is 20.1 Å². The van der Waals surface area contributed by atoms with Crippen molar-refractivity contribution >= 4 is 11.9 Å². The Balaban J connectivity index is 1.49. The van der Waals surface area contributed by atoms with Crippen molar-refractivity contribution in [2.45, 2.75) is 51.0 Å². The average Bonchev–Trinajstić information content (AvgIpc) is 3.22. The van der Waals surface area contributed by atoms with Crippen LogP contribution in [0.15, 0.2) is 29.3 Å². The van der Waals surface area contributed by atoms with Gasteiger partial charge in [0.25, 0.3) is 0 Å². The van der Waals surface area contributed by atoms with Gasteiger partial charge in [-0.3, -0.25) is 4.99 Å². The molecule has 0 spiro atoms. The van der Waals surface area contributed by atoms with Gasteiger partial charge in [0.2, 0.25) is 0 Å². The minimum absolute atomic E-state index is 0.286. The predicted molar refractivity (Wildman–Crippen MR) is 92.0 cm³/mol. The number of benzene rings is 1. The fourth-order valence-corrected chi connectivity index (χ4v) is 3.32. The second kappa shape index (κ2) is 7.66. The lowest BCUT2D eigenvalue weighted by Crippen LogP contribution is -2.47. The smallest absolute Gasteiger partial charge is 0.338 e. The van der Waals surface area contributed by atoms with Gasteiger partial charge in [-0.05, 0) is 43.9 Å². The van der Waals surface area contributed by atoms with Crippen LogP contribution in [0.5, 0.6) is 0 Å². The first-order valence-electron chi connectivity index (χ1n) is 8.58. The molecule has 1 aromatic carbocycles. The first-order chi connectivity index (χ1) is 11.7. The van der Waals surface area contributed by atoms with E-state index < -0.39 is 0 Å². The molecule has 1 aromatic rings. The summed E-state index contributed by atoms with van der Waals surface area (Å²) >= 11 is 0. The lowest BCUT2D eigenvalue weighted by atomic mass is 9.96. The zero-order valence-electron chi connectivity index (χ0n) is 14.2. The third-order valence-electron chi connectivity index (χ3n) is 4.58. The summed E-state index contributed by atoms with van der Waals surface area (Å²) < 4.78 is 10.8. The van der Waals surface area contributed by atoms with E-state index in [4.69, 9.17) is 9.47 Å². The highest BCUT2D eigenvalue weighted by Gasteiger charge is 2.41. The van der Waals surface area contributed by atoms with Crippen LogP contribution in [-0.2, 0) is 16.0 Å². The summed E-state index contributed by atoms with van der Waals surface area (Å²) in [7, 11) is 1.77. The summed E-state index contributed by atoms with van der Waals surface area (Å²) in [5, 5.41) is 6.77. The van der Waals surface area contributed by atoms with Crippen molar-refractivity contribution in [2.24, 2.45) is 4.99 Å². The van der Waals surface area contributed by atoms with E-state index in [-0.39, 0.29) is 5.97 Å². The molecule has 130 valence electrons. The van der Waals surface area contributed by atoms with Crippen LogP contribution in [0, 0.1) is 0 Å². The summed E-state index contributed by atoms with van der Waals surface area (Å²) in [4.78, 5) is 15.9. The minimum Gasteiger partial charge on any atom is -0.462 e. The molecule has 2 saturated heterocycles. The number of nitrogens with zero attached hydrogens (tertiary/aromatic N) is 1. The summed E-state index contributed by atoms with van der Waals surface area (Å²) in [6, 6.07) is 7.77. The maximum atomic E-state index is 11.6. The first-order valence-corrected chi connectivity index (χ1v) is 8.58. The number of carbonyl (C=O) groups is 1. The van der Waals surface area contributed by atoms with Crippen molar-refractivity contribution in [1.82, 2.24) is 10.6 Å². The predicted octanol–water partition coefficient (Wildman–Crippen LogP) is 1.85. The summed E-state index contributed by atoms with van der Waals surface area (Å²) in [6.07, 6.45) is 4.11. The SMILES string of the molecule is CCOC(=O)c1ccc(CNC(=NC)NC2CC3CCC2O3)cc1. The third-order valence-corrected chi connectivity index (χ3v) is 4.58. The molecule has 3 rings (SSSR count). The van der Waals surface area contributed by atoms with E-state index in [2.05, 4.69) is 15.6 Å². The Labute approximate surface area is 142 Å². The maximum absolute atomic E-state index is 11.6. The number of guanidine groups is 1. The van der Waals surface area contributed by atoms with Gasteiger partial charge in [-0.25, -0.2) is 4.79 Å². The van der Waals surface area contributed by atoms with Crippen molar-refractivity contribution in [1.29, 1.82) is 0 Å². The second-order valence-electron chi connectivity index (χ2n) is 6.20. The molecule has 2 heterocycles. The number of hydrogen-bond donors (Lipinski definition) is 2. The van der Waals surface area contributed by atoms with E-state index >= 15 is 0 Å². The Hall–Kier alpha value is -2.08. The average molecular weight is 331 g/mol. The van der Waals surface area contributed by atoms with E-state index in [1.54, 1.807) is 26.1 Å². The molecular formula is C18H25N3O3. The molecule has 0 aliphatic carbocycles. The molecule has 2 N–H and O–H groups in total. The molecule has 0 saturated carbocycles. The molecule has 2 fully saturated rings. The number of hydrogen-bond acceptors (Lipinski definition) is 4. The quantitative estimate of drug-likeness (QED) is 0.489. The van der Waals surface area contributed by atoms with Crippen molar-refractivity contribution in [3.63, 3.8) is 0 Å². The zero-order chi connectivity index (χ0) is 16.9. The lowest BCUT2D eigenvalue weighted by Gasteiger charge is -2.22. The number of rotatable bonds is 5. The molecule has 2 aliphatic heterocycles. The summed E-state index contributed by atoms with van der Waals surface area (Å²) in [5.41, 5.74) is 1.65. The molecule has 0 radical (unpaired) electrons. The fourth-order valence-electron chi connectivity index (χ4n) is 3.32. The number of nitrogens with one attached hydrogen (secondary N) is 2. The molecule has 0 amide bonds. The normalized spacial score (nSPS) is 25.6. The number of esters is 1. The van der Waals surface area contributed by atoms with Crippen molar-refractivity contribution < 1.29 is 14.3 Å². The molecule has 0 aromatic heterocycles. The Morgan fingerprint density at radius 2 is 2.12 bits per heavy atom. The van der Waals surface area contributed by atoms with Crippen LogP contribution in [0.3, 0.4) is 0 Å². The topological polar surface area (TPSA) is 72.0 Å². The second-order valence-corrected chi connectivity index (χ2v) is 6.20. The van der Waals surface area contributed by atoms with Crippen molar-refractivity contribution in [3.8, 4) is 0 Å². The molecule has 3 atom stereocenters. The molecule has 2 bridgehead atoms. The Morgan fingerprint density at radius 1 is 1.33 bits per heavy atom. The monoisotopic (exact) mass is 331 g/mol. The van der Waals surface area contributed by atoms with E-state index in [0.717, 1.165) is 24.4 Å². The van der Waals surface area contributed by atoms with E-state index in [9.17, 15) is 4.79 Å². The van der Waals surface area contributed by atoms with Crippen LogP contribution in [-0.4, -0.2) is 43.8 Å². The summed E-state index contributed by atoms with van der Waals surface area (Å²) in [6.45, 7) is 2.83. The molecule has 3 unspecified atom stereocenters. The highest BCUT2D eigenvalue weighted by Crippen LogP contribution is 2.34. The largest absolute Gasteiger partial charge is 0.462 e.